The summed E-state index contributed by atoms with van der Waals surface area (Å²) in [6, 6.07) is 0. The lowest BCUT2D eigenvalue weighted by atomic mass is 10.1. The minimum atomic E-state index is -0.812. The van der Waals surface area contributed by atoms with E-state index in [1.54, 1.807) is 4.90 Å². The van der Waals surface area contributed by atoms with Crippen LogP contribution in [0.4, 0.5) is 0 Å². The predicted octanol–water partition coefficient (Wildman–Crippen LogP) is 0.261. The molecule has 0 saturated carbocycles. The maximum Gasteiger partial charge on any atom is 0.303 e. The molecule has 0 aromatic carbocycles. The van der Waals surface area contributed by atoms with Crippen LogP contribution in [0.5, 0.6) is 0 Å². The van der Waals surface area contributed by atoms with Gasteiger partial charge in [-0.15, -0.1) is 0 Å². The van der Waals surface area contributed by atoms with Gasteiger partial charge in [0, 0.05) is 19.5 Å². The highest BCUT2D eigenvalue weighted by molar-refractivity contribution is 5.79. The maximum atomic E-state index is 11.6. The molecule has 0 aromatic rings. The fourth-order valence-corrected chi connectivity index (χ4v) is 2.03. The average Bonchev–Trinajstić information content (AvgIpc) is 2.45. The van der Waals surface area contributed by atoms with Crippen molar-refractivity contribution in [2.45, 2.75) is 19.3 Å². The summed E-state index contributed by atoms with van der Waals surface area (Å²) in [5.41, 5.74) is 0. The van der Waals surface area contributed by atoms with E-state index in [4.69, 9.17) is 5.11 Å². The summed E-state index contributed by atoms with van der Waals surface area (Å²) in [7, 11) is 4.00. The van der Waals surface area contributed by atoms with Gasteiger partial charge in [0.25, 0.3) is 0 Å². The van der Waals surface area contributed by atoms with E-state index in [2.05, 4.69) is 4.90 Å². The third-order valence-corrected chi connectivity index (χ3v) is 2.79. The highest BCUT2D eigenvalue weighted by Crippen LogP contribution is 2.20. The van der Waals surface area contributed by atoms with Gasteiger partial charge in [-0.3, -0.25) is 9.59 Å². The Balaban J connectivity index is 2.28. The van der Waals surface area contributed by atoms with Gasteiger partial charge in [0.15, 0.2) is 0 Å². The number of nitrogens with zero attached hydrogens (tertiary/aromatic N) is 2. The number of likely N-dealkylation sites (tertiary alicyclic amines) is 1. The van der Waals surface area contributed by atoms with E-state index < -0.39 is 5.97 Å². The standard InChI is InChI=1S/C11H20N2O3/c1-12(2)4-3-5-13-8-9(6-10(13)14)7-11(15)16/h9H,3-8H2,1-2H3,(H,15,16). The number of hydrogen-bond donors (Lipinski definition) is 1. The number of carboxylic acids is 1. The molecule has 0 radical (unpaired) electrons. The molecule has 1 saturated heterocycles. The number of carbonyl (C=O) groups excluding carboxylic acids is 1. The van der Waals surface area contributed by atoms with Crippen molar-refractivity contribution in [1.29, 1.82) is 0 Å². The Morgan fingerprint density at radius 3 is 2.81 bits per heavy atom. The molecule has 1 aliphatic heterocycles. The fraction of sp³-hybridized carbons (Fsp3) is 0.818. The van der Waals surface area contributed by atoms with Gasteiger partial charge in [-0.05, 0) is 33.0 Å². The van der Waals surface area contributed by atoms with Crippen LogP contribution in [-0.2, 0) is 9.59 Å². The molecule has 0 bridgehead atoms. The molecule has 0 aromatic heterocycles. The monoisotopic (exact) mass is 228 g/mol. The quantitative estimate of drug-likeness (QED) is 0.708. The second-order valence-electron chi connectivity index (χ2n) is 4.66. The summed E-state index contributed by atoms with van der Waals surface area (Å²) < 4.78 is 0. The first-order valence-corrected chi connectivity index (χ1v) is 5.63. The number of hydrogen-bond acceptors (Lipinski definition) is 3. The predicted molar refractivity (Wildman–Crippen MR) is 60.1 cm³/mol. The number of rotatable bonds is 6. The van der Waals surface area contributed by atoms with Crippen LogP contribution >= 0.6 is 0 Å². The van der Waals surface area contributed by atoms with Crippen LogP contribution in [0.25, 0.3) is 0 Å². The van der Waals surface area contributed by atoms with Gasteiger partial charge in [0.1, 0.15) is 0 Å². The largest absolute Gasteiger partial charge is 0.481 e. The number of aliphatic carboxylic acids is 1. The van der Waals surface area contributed by atoms with Crippen LogP contribution in [0.1, 0.15) is 19.3 Å². The van der Waals surface area contributed by atoms with Crippen molar-refractivity contribution >= 4 is 11.9 Å². The van der Waals surface area contributed by atoms with Gasteiger partial charge >= 0.3 is 5.97 Å². The molecule has 1 atom stereocenters. The Morgan fingerprint density at radius 2 is 2.25 bits per heavy atom. The first-order chi connectivity index (χ1) is 7.49. The van der Waals surface area contributed by atoms with Crippen LogP contribution < -0.4 is 0 Å². The van der Waals surface area contributed by atoms with E-state index >= 15 is 0 Å². The third kappa shape index (κ3) is 4.18. The summed E-state index contributed by atoms with van der Waals surface area (Å²) in [6.07, 6.45) is 1.45. The van der Waals surface area contributed by atoms with Crippen LogP contribution in [0.15, 0.2) is 0 Å². The van der Waals surface area contributed by atoms with E-state index in [1.165, 1.54) is 0 Å². The van der Waals surface area contributed by atoms with Crippen LogP contribution in [0, 0.1) is 5.92 Å². The van der Waals surface area contributed by atoms with Gasteiger partial charge in [-0.1, -0.05) is 0 Å². The molecule has 1 aliphatic rings. The second-order valence-corrected chi connectivity index (χ2v) is 4.66. The summed E-state index contributed by atoms with van der Waals surface area (Å²) in [4.78, 5) is 26.0. The normalized spacial score (nSPS) is 20.8. The molecule has 1 amide bonds. The van der Waals surface area contributed by atoms with Crippen molar-refractivity contribution in [1.82, 2.24) is 9.80 Å². The molecule has 5 nitrogen and oxygen atoms in total. The molecule has 1 fully saturated rings. The van der Waals surface area contributed by atoms with Crippen molar-refractivity contribution in [2.24, 2.45) is 5.92 Å². The van der Waals surface area contributed by atoms with E-state index in [0.717, 1.165) is 19.5 Å². The van der Waals surface area contributed by atoms with Crippen molar-refractivity contribution in [3.63, 3.8) is 0 Å². The second kappa shape index (κ2) is 5.84. The fourth-order valence-electron chi connectivity index (χ4n) is 2.03. The Kier molecular flexibility index (Phi) is 4.73. The summed E-state index contributed by atoms with van der Waals surface area (Å²) in [5, 5.41) is 8.66. The van der Waals surface area contributed by atoms with Crippen LogP contribution in [0.2, 0.25) is 0 Å². The lowest BCUT2D eigenvalue weighted by molar-refractivity contribution is -0.138. The van der Waals surface area contributed by atoms with Gasteiger partial charge in [0.2, 0.25) is 5.91 Å². The minimum Gasteiger partial charge on any atom is -0.481 e. The molecule has 16 heavy (non-hydrogen) atoms. The van der Waals surface area contributed by atoms with E-state index in [9.17, 15) is 9.59 Å². The molecular weight excluding hydrogens is 208 g/mol. The zero-order chi connectivity index (χ0) is 12.1. The molecule has 1 N–H and O–H groups in total. The SMILES string of the molecule is CN(C)CCCN1CC(CC(=O)O)CC1=O. The zero-order valence-corrected chi connectivity index (χ0v) is 9.98. The number of carbonyl (C=O) groups is 2. The summed E-state index contributed by atoms with van der Waals surface area (Å²) >= 11 is 0. The topological polar surface area (TPSA) is 60.9 Å². The molecule has 92 valence electrons. The Hall–Kier alpha value is -1.10. The van der Waals surface area contributed by atoms with Gasteiger partial charge in [0.05, 0.1) is 6.42 Å². The Labute approximate surface area is 96.0 Å². The first-order valence-electron chi connectivity index (χ1n) is 5.63. The Bertz CT molecular complexity index is 266. The maximum absolute atomic E-state index is 11.6. The van der Waals surface area contributed by atoms with Crippen molar-refractivity contribution in [3.8, 4) is 0 Å². The lowest BCUT2D eigenvalue weighted by Gasteiger charge is -2.17. The van der Waals surface area contributed by atoms with Gasteiger partial charge in [-0.2, -0.15) is 0 Å². The van der Waals surface area contributed by atoms with Crippen molar-refractivity contribution < 1.29 is 14.7 Å². The molecular formula is C11H20N2O3. The molecule has 1 rings (SSSR count). The van der Waals surface area contributed by atoms with Crippen LogP contribution in [0.3, 0.4) is 0 Å². The average molecular weight is 228 g/mol. The molecule has 0 aliphatic carbocycles. The lowest BCUT2D eigenvalue weighted by Crippen LogP contribution is -2.28. The number of amides is 1. The minimum absolute atomic E-state index is 0.00403. The summed E-state index contributed by atoms with van der Waals surface area (Å²) in [6.45, 7) is 2.30. The highest BCUT2D eigenvalue weighted by atomic mass is 16.4. The van der Waals surface area contributed by atoms with E-state index in [0.29, 0.717) is 13.0 Å². The van der Waals surface area contributed by atoms with E-state index in [1.807, 2.05) is 14.1 Å². The number of carboxylic acid groups (broad SMARTS) is 1. The third-order valence-electron chi connectivity index (χ3n) is 2.79. The zero-order valence-electron chi connectivity index (χ0n) is 9.98. The van der Waals surface area contributed by atoms with Gasteiger partial charge in [-0.25, -0.2) is 0 Å². The molecule has 1 unspecified atom stereocenters. The molecule has 5 heteroatoms. The van der Waals surface area contributed by atoms with E-state index in [-0.39, 0.29) is 18.2 Å². The smallest absolute Gasteiger partial charge is 0.303 e. The first kappa shape index (κ1) is 13.0. The highest BCUT2D eigenvalue weighted by Gasteiger charge is 2.30. The summed E-state index contributed by atoms with van der Waals surface area (Å²) in [5.74, 6) is -0.706. The molecule has 0 spiro atoms. The van der Waals surface area contributed by atoms with Gasteiger partial charge < -0.3 is 14.9 Å². The van der Waals surface area contributed by atoms with Crippen molar-refractivity contribution in [2.75, 3.05) is 33.7 Å². The molecule has 1 heterocycles. The van der Waals surface area contributed by atoms with Crippen LogP contribution in [-0.4, -0.2) is 60.5 Å². The Morgan fingerprint density at radius 1 is 1.56 bits per heavy atom. The van der Waals surface area contributed by atoms with Crippen molar-refractivity contribution in [3.05, 3.63) is 0 Å².